The summed E-state index contributed by atoms with van der Waals surface area (Å²) >= 11 is 0. The summed E-state index contributed by atoms with van der Waals surface area (Å²) in [5, 5.41) is 4.15. The van der Waals surface area contributed by atoms with Gasteiger partial charge in [-0.2, -0.15) is 0 Å². The van der Waals surface area contributed by atoms with Gasteiger partial charge in [0.05, 0.1) is 18.6 Å². The molecular weight excluding hydrogens is 332 g/mol. The maximum atomic E-state index is 12.8. The van der Waals surface area contributed by atoms with Crippen LogP contribution in [0.2, 0.25) is 0 Å². The molecule has 0 aromatic carbocycles. The highest BCUT2D eigenvalue weighted by Gasteiger charge is 2.50. The number of ether oxygens (including phenoxy) is 1. The number of nitrogens with zero attached hydrogens (tertiary/aromatic N) is 4. The molecule has 2 saturated heterocycles. The predicted octanol–water partition coefficient (Wildman–Crippen LogP) is 1.81. The number of hydrogen-bond donors (Lipinski definition) is 0. The fourth-order valence-corrected chi connectivity index (χ4v) is 4.04. The maximum Gasteiger partial charge on any atom is 0.230 e. The minimum atomic E-state index is -0.222. The Bertz CT molecular complexity index is 763. The van der Waals surface area contributed by atoms with Crippen molar-refractivity contribution in [2.75, 3.05) is 39.9 Å². The van der Waals surface area contributed by atoms with Crippen molar-refractivity contribution in [2.45, 2.75) is 19.4 Å². The molecule has 0 bridgehead atoms. The molecule has 0 N–H and O–H groups in total. The molecule has 0 radical (unpaired) electrons. The van der Waals surface area contributed by atoms with Gasteiger partial charge in [0, 0.05) is 50.8 Å². The molecule has 0 aliphatic carbocycles. The summed E-state index contributed by atoms with van der Waals surface area (Å²) in [7, 11) is 1.67. The van der Waals surface area contributed by atoms with Crippen molar-refractivity contribution in [3.63, 3.8) is 0 Å². The van der Waals surface area contributed by atoms with Crippen molar-refractivity contribution in [1.29, 1.82) is 0 Å². The number of amides is 1. The number of pyridine rings is 1. The van der Waals surface area contributed by atoms with E-state index in [9.17, 15) is 4.79 Å². The van der Waals surface area contributed by atoms with Crippen molar-refractivity contribution in [3.8, 4) is 11.3 Å². The molecule has 2 aromatic heterocycles. The molecule has 4 rings (SSSR count). The summed E-state index contributed by atoms with van der Waals surface area (Å²) in [5.41, 5.74) is 1.52. The van der Waals surface area contributed by atoms with E-state index in [0.717, 1.165) is 49.5 Å². The van der Waals surface area contributed by atoms with Crippen LogP contribution in [0.1, 0.15) is 18.6 Å². The highest BCUT2D eigenvalue weighted by molar-refractivity contribution is 5.85. The Labute approximate surface area is 152 Å². The molecule has 2 aromatic rings. The molecule has 1 spiro atoms. The number of rotatable bonds is 6. The molecule has 1 atom stereocenters. The van der Waals surface area contributed by atoms with Crippen LogP contribution in [0.25, 0.3) is 11.3 Å². The van der Waals surface area contributed by atoms with Crippen LogP contribution >= 0.6 is 0 Å². The third-order valence-electron chi connectivity index (χ3n) is 5.50. The largest absolute Gasteiger partial charge is 0.383 e. The standard InChI is InChI=1S/C19H24N4O3/c1-25-10-9-23-8-5-19(18(23)24)4-7-22(14-19)13-16-11-17(21-26-16)15-3-2-6-20-12-15/h2-3,6,11-12H,4-5,7-10,13-14H2,1H3. The Morgan fingerprint density at radius 1 is 1.35 bits per heavy atom. The van der Waals surface area contributed by atoms with Gasteiger partial charge in [0.1, 0.15) is 5.69 Å². The Kier molecular flexibility index (Phi) is 4.74. The SMILES string of the molecule is COCCN1CCC2(CCN(Cc3cc(-c4cccnc4)no3)C2)C1=O. The van der Waals surface area contributed by atoms with Gasteiger partial charge in [0.2, 0.25) is 5.91 Å². The lowest BCUT2D eigenvalue weighted by Crippen LogP contribution is -2.38. The number of methoxy groups -OCH3 is 1. The van der Waals surface area contributed by atoms with Gasteiger partial charge in [-0.05, 0) is 31.5 Å². The molecule has 2 fully saturated rings. The first-order valence-corrected chi connectivity index (χ1v) is 9.07. The number of aromatic nitrogens is 2. The summed E-state index contributed by atoms with van der Waals surface area (Å²) in [6.07, 6.45) is 5.36. The first-order chi connectivity index (χ1) is 12.7. The van der Waals surface area contributed by atoms with Crippen molar-refractivity contribution in [2.24, 2.45) is 5.41 Å². The molecule has 7 nitrogen and oxygen atoms in total. The average Bonchev–Trinajstić information content (AvgIpc) is 3.37. The average molecular weight is 356 g/mol. The first-order valence-electron chi connectivity index (χ1n) is 9.07. The molecule has 1 amide bonds. The summed E-state index contributed by atoms with van der Waals surface area (Å²) in [6.45, 7) is 4.50. The van der Waals surface area contributed by atoms with Gasteiger partial charge in [0.25, 0.3) is 0 Å². The lowest BCUT2D eigenvalue weighted by Gasteiger charge is -2.23. The molecule has 2 aliphatic heterocycles. The summed E-state index contributed by atoms with van der Waals surface area (Å²) < 4.78 is 10.6. The van der Waals surface area contributed by atoms with Crippen molar-refractivity contribution < 1.29 is 14.1 Å². The van der Waals surface area contributed by atoms with Crippen molar-refractivity contribution in [1.82, 2.24) is 19.9 Å². The van der Waals surface area contributed by atoms with E-state index in [-0.39, 0.29) is 11.3 Å². The molecule has 7 heteroatoms. The fraction of sp³-hybridized carbons (Fsp3) is 0.526. The second-order valence-corrected chi connectivity index (χ2v) is 7.20. The van der Waals surface area contributed by atoms with Gasteiger partial charge in [-0.1, -0.05) is 5.16 Å². The van der Waals surface area contributed by atoms with E-state index in [2.05, 4.69) is 15.0 Å². The Morgan fingerprint density at radius 3 is 3.04 bits per heavy atom. The highest BCUT2D eigenvalue weighted by atomic mass is 16.5. The zero-order chi connectivity index (χ0) is 18.0. The topological polar surface area (TPSA) is 71.7 Å². The number of likely N-dealkylation sites (tertiary alicyclic amines) is 2. The van der Waals surface area contributed by atoms with Crippen LogP contribution < -0.4 is 0 Å². The van der Waals surface area contributed by atoms with Crippen LogP contribution in [0.15, 0.2) is 35.1 Å². The van der Waals surface area contributed by atoms with Crippen LogP contribution in [-0.2, 0) is 16.1 Å². The Morgan fingerprint density at radius 2 is 2.23 bits per heavy atom. The van der Waals surface area contributed by atoms with Crippen molar-refractivity contribution in [3.05, 3.63) is 36.4 Å². The maximum absolute atomic E-state index is 12.8. The van der Waals surface area contributed by atoms with E-state index in [4.69, 9.17) is 9.26 Å². The highest BCUT2D eigenvalue weighted by Crippen LogP contribution is 2.41. The number of hydrogen-bond acceptors (Lipinski definition) is 6. The van der Waals surface area contributed by atoms with Gasteiger partial charge >= 0.3 is 0 Å². The smallest absolute Gasteiger partial charge is 0.230 e. The predicted molar refractivity (Wildman–Crippen MR) is 95.1 cm³/mol. The normalized spacial score (nSPS) is 23.4. The van der Waals surface area contributed by atoms with Crippen molar-refractivity contribution >= 4 is 5.91 Å². The van der Waals surface area contributed by atoms with Crippen LogP contribution in [0.3, 0.4) is 0 Å². The molecular formula is C19H24N4O3. The van der Waals surface area contributed by atoms with E-state index in [1.54, 1.807) is 19.5 Å². The lowest BCUT2D eigenvalue weighted by atomic mass is 9.85. The van der Waals surface area contributed by atoms with Crippen LogP contribution in [-0.4, -0.2) is 65.7 Å². The Hall–Kier alpha value is -2.25. The number of carbonyl (C=O) groups excluding carboxylic acids is 1. The monoisotopic (exact) mass is 356 g/mol. The number of carbonyl (C=O) groups is 1. The summed E-state index contributed by atoms with van der Waals surface area (Å²) in [4.78, 5) is 21.2. The molecule has 138 valence electrons. The molecule has 26 heavy (non-hydrogen) atoms. The minimum Gasteiger partial charge on any atom is -0.383 e. The van der Waals surface area contributed by atoms with Crippen LogP contribution in [0.4, 0.5) is 0 Å². The van der Waals surface area contributed by atoms with E-state index < -0.39 is 0 Å². The second kappa shape index (κ2) is 7.17. The second-order valence-electron chi connectivity index (χ2n) is 7.20. The quantitative estimate of drug-likeness (QED) is 0.786. The van der Waals surface area contributed by atoms with Gasteiger partial charge in [-0.25, -0.2) is 0 Å². The van der Waals surface area contributed by atoms with Gasteiger partial charge in [-0.3, -0.25) is 14.7 Å². The van der Waals surface area contributed by atoms with E-state index in [1.165, 1.54) is 0 Å². The zero-order valence-electron chi connectivity index (χ0n) is 15.1. The molecule has 1 unspecified atom stereocenters. The summed E-state index contributed by atoms with van der Waals surface area (Å²) in [5.74, 6) is 1.10. The molecule has 0 saturated carbocycles. The third-order valence-corrected chi connectivity index (χ3v) is 5.50. The van der Waals surface area contributed by atoms with Gasteiger partial charge in [0.15, 0.2) is 5.76 Å². The van der Waals surface area contributed by atoms with Crippen LogP contribution in [0, 0.1) is 5.41 Å². The first kappa shape index (κ1) is 17.2. The minimum absolute atomic E-state index is 0.222. The van der Waals surface area contributed by atoms with Crippen LogP contribution in [0.5, 0.6) is 0 Å². The summed E-state index contributed by atoms with van der Waals surface area (Å²) in [6, 6.07) is 5.81. The zero-order valence-corrected chi connectivity index (χ0v) is 15.1. The Balaban J connectivity index is 1.38. The lowest BCUT2D eigenvalue weighted by molar-refractivity contribution is -0.136. The molecule has 2 aliphatic rings. The van der Waals surface area contributed by atoms with Gasteiger partial charge in [-0.15, -0.1) is 0 Å². The van der Waals surface area contributed by atoms with E-state index >= 15 is 0 Å². The third kappa shape index (κ3) is 3.24. The molecule has 4 heterocycles. The van der Waals surface area contributed by atoms with E-state index in [1.807, 2.05) is 23.1 Å². The van der Waals surface area contributed by atoms with E-state index in [0.29, 0.717) is 19.7 Å². The van der Waals surface area contributed by atoms with Gasteiger partial charge < -0.3 is 14.2 Å². The fourth-order valence-electron chi connectivity index (χ4n) is 4.04.